The minimum Gasteiger partial charge on any atom is -0.399 e. The highest BCUT2D eigenvalue weighted by Crippen LogP contribution is 2.05. The van der Waals surface area contributed by atoms with Crippen LogP contribution in [0.1, 0.15) is 10.4 Å². The molecule has 0 atom stereocenters. The Morgan fingerprint density at radius 2 is 2.31 bits per heavy atom. The maximum atomic E-state index is 11.3. The average molecular weight is 195 g/mol. The lowest BCUT2D eigenvalue weighted by Crippen LogP contribution is -2.35. The van der Waals surface area contributed by atoms with Crippen molar-refractivity contribution >= 4 is 29.3 Å². The number of nitrogen functional groups attached to an aromatic ring is 1. The van der Waals surface area contributed by atoms with Crippen LogP contribution >= 0.6 is 12.2 Å². The summed E-state index contributed by atoms with van der Waals surface area (Å²) in [5.41, 5.74) is 12.5. The predicted octanol–water partition coefficient (Wildman–Crippen LogP) is 0.460. The van der Waals surface area contributed by atoms with E-state index < -0.39 is 0 Å². The van der Waals surface area contributed by atoms with Gasteiger partial charge in [0.15, 0.2) is 0 Å². The normalized spacial score (nSPS) is 8.92. The first-order valence-corrected chi connectivity index (χ1v) is 4.06. The third-order valence-electron chi connectivity index (χ3n) is 1.39. The second-order valence-electron chi connectivity index (χ2n) is 2.34. The van der Waals surface area contributed by atoms with Crippen LogP contribution in [0.2, 0.25) is 0 Å². The van der Waals surface area contributed by atoms with Gasteiger partial charge in [-0.05, 0) is 18.2 Å². The molecule has 68 valence electrons. The minimum absolute atomic E-state index is 0.270. The van der Waals surface area contributed by atoms with Gasteiger partial charge in [-0.1, -0.05) is 18.3 Å². The van der Waals surface area contributed by atoms with Crippen molar-refractivity contribution < 1.29 is 4.79 Å². The van der Waals surface area contributed by atoms with E-state index in [0.717, 1.165) is 0 Å². The van der Waals surface area contributed by atoms with Crippen molar-refractivity contribution in [2.45, 2.75) is 0 Å². The summed E-state index contributed by atoms with van der Waals surface area (Å²) in [6.07, 6.45) is 0. The third kappa shape index (κ3) is 2.72. The van der Waals surface area contributed by atoms with Gasteiger partial charge in [0.2, 0.25) is 0 Å². The molecule has 1 amide bonds. The second kappa shape index (κ2) is 4.42. The number of amides is 1. The van der Waals surface area contributed by atoms with E-state index in [9.17, 15) is 4.79 Å². The van der Waals surface area contributed by atoms with E-state index in [2.05, 4.69) is 23.1 Å². The molecule has 0 unspecified atom stereocenters. The molecule has 1 aromatic carbocycles. The molecule has 13 heavy (non-hydrogen) atoms. The zero-order chi connectivity index (χ0) is 9.68. The van der Waals surface area contributed by atoms with E-state index in [1.54, 1.807) is 24.3 Å². The van der Waals surface area contributed by atoms with Gasteiger partial charge in [-0.25, -0.2) is 0 Å². The summed E-state index contributed by atoms with van der Waals surface area (Å²) < 4.78 is 0. The first-order valence-electron chi connectivity index (χ1n) is 3.59. The number of thiocarbonyl (C=S) groups is 1. The Morgan fingerprint density at radius 3 is 2.92 bits per heavy atom. The van der Waals surface area contributed by atoms with Crippen molar-refractivity contribution in [3.63, 3.8) is 0 Å². The van der Waals surface area contributed by atoms with Gasteiger partial charge in [-0.2, -0.15) is 0 Å². The van der Waals surface area contributed by atoms with Gasteiger partial charge in [-0.3, -0.25) is 15.6 Å². The lowest BCUT2D eigenvalue weighted by atomic mass is 10.2. The Bertz CT molecular complexity index is 327. The summed E-state index contributed by atoms with van der Waals surface area (Å²) in [4.78, 5) is 11.3. The van der Waals surface area contributed by atoms with Crippen LogP contribution < -0.4 is 16.6 Å². The molecule has 4 N–H and O–H groups in total. The topological polar surface area (TPSA) is 67.2 Å². The van der Waals surface area contributed by atoms with Crippen LogP contribution in [0.4, 0.5) is 5.69 Å². The molecule has 0 fully saturated rings. The molecule has 0 saturated heterocycles. The molecule has 0 aliphatic heterocycles. The monoisotopic (exact) mass is 195 g/mol. The summed E-state index contributed by atoms with van der Waals surface area (Å²) in [7, 11) is 0. The maximum Gasteiger partial charge on any atom is 0.269 e. The fraction of sp³-hybridized carbons (Fsp3) is 0. The molecule has 1 rings (SSSR count). The Labute approximate surface area is 81.1 Å². The smallest absolute Gasteiger partial charge is 0.269 e. The molecule has 0 aromatic heterocycles. The number of anilines is 1. The highest BCUT2D eigenvalue weighted by molar-refractivity contribution is 7.78. The number of carbonyl (C=O) groups excluding carboxylic acids is 1. The van der Waals surface area contributed by atoms with E-state index >= 15 is 0 Å². The molecule has 0 radical (unpaired) electrons. The van der Waals surface area contributed by atoms with Gasteiger partial charge in [0.05, 0.1) is 5.49 Å². The van der Waals surface area contributed by atoms with E-state index in [1.165, 1.54) is 5.49 Å². The van der Waals surface area contributed by atoms with Crippen LogP contribution in [-0.2, 0) is 0 Å². The molecule has 0 saturated carbocycles. The fourth-order valence-corrected chi connectivity index (χ4v) is 0.906. The van der Waals surface area contributed by atoms with Gasteiger partial charge < -0.3 is 5.73 Å². The fourth-order valence-electron chi connectivity index (χ4n) is 0.847. The van der Waals surface area contributed by atoms with E-state index in [1.807, 2.05) is 0 Å². The van der Waals surface area contributed by atoms with Gasteiger partial charge in [-0.15, -0.1) is 0 Å². The number of hydrogen-bond acceptors (Lipinski definition) is 3. The van der Waals surface area contributed by atoms with Crippen LogP contribution in [0.3, 0.4) is 0 Å². The highest BCUT2D eigenvalue weighted by Gasteiger charge is 2.02. The molecule has 0 heterocycles. The van der Waals surface area contributed by atoms with Gasteiger partial charge in [0, 0.05) is 11.3 Å². The molecular weight excluding hydrogens is 186 g/mol. The minimum atomic E-state index is -0.270. The van der Waals surface area contributed by atoms with Crippen molar-refractivity contribution in [3.05, 3.63) is 29.8 Å². The number of hydrazine groups is 1. The van der Waals surface area contributed by atoms with Crippen LogP contribution in [-0.4, -0.2) is 11.4 Å². The highest BCUT2D eigenvalue weighted by atomic mass is 32.1. The lowest BCUT2D eigenvalue weighted by Gasteiger charge is -2.03. The van der Waals surface area contributed by atoms with Gasteiger partial charge in [0.25, 0.3) is 5.91 Å². The van der Waals surface area contributed by atoms with Crippen LogP contribution in [0.25, 0.3) is 0 Å². The van der Waals surface area contributed by atoms with E-state index in [0.29, 0.717) is 11.3 Å². The summed E-state index contributed by atoms with van der Waals surface area (Å²) in [5, 5.41) is 0. The number of rotatable bonds is 3. The number of hydrogen-bond donors (Lipinski definition) is 3. The molecule has 0 aliphatic carbocycles. The zero-order valence-corrected chi connectivity index (χ0v) is 7.60. The summed E-state index contributed by atoms with van der Waals surface area (Å²) >= 11 is 4.47. The largest absolute Gasteiger partial charge is 0.399 e. The SMILES string of the molecule is Nc1cccc(C(=O)NNC=S)c1. The summed E-state index contributed by atoms with van der Waals surface area (Å²) in [6.45, 7) is 0. The molecule has 0 spiro atoms. The van der Waals surface area contributed by atoms with Gasteiger partial charge in [0.1, 0.15) is 0 Å². The van der Waals surface area contributed by atoms with E-state index in [4.69, 9.17) is 5.73 Å². The quantitative estimate of drug-likeness (QED) is 0.372. The Balaban J connectivity index is 2.71. The third-order valence-corrected chi connectivity index (χ3v) is 1.51. The Kier molecular flexibility index (Phi) is 3.22. The lowest BCUT2D eigenvalue weighted by molar-refractivity contribution is 0.0945. The Hall–Kier alpha value is -1.62. The van der Waals surface area contributed by atoms with E-state index in [-0.39, 0.29) is 5.91 Å². The first kappa shape index (κ1) is 9.47. The van der Waals surface area contributed by atoms with Gasteiger partial charge >= 0.3 is 0 Å². The number of nitrogens with two attached hydrogens (primary N) is 1. The molecule has 1 aromatic rings. The second-order valence-corrected chi connectivity index (χ2v) is 2.58. The van der Waals surface area contributed by atoms with Crippen molar-refractivity contribution in [1.29, 1.82) is 0 Å². The first-order chi connectivity index (χ1) is 6.24. The van der Waals surface area contributed by atoms with Crippen LogP contribution in [0, 0.1) is 0 Å². The van der Waals surface area contributed by atoms with Crippen LogP contribution in [0.5, 0.6) is 0 Å². The number of benzene rings is 1. The predicted molar refractivity (Wildman–Crippen MR) is 55.1 cm³/mol. The summed E-state index contributed by atoms with van der Waals surface area (Å²) in [5.74, 6) is -0.270. The number of carbonyl (C=O) groups is 1. The standard InChI is InChI=1S/C8H9N3OS/c9-7-3-1-2-6(4-7)8(12)11-10-5-13/h1-5H,9H2,(H,10,13)(H,11,12). The molecule has 5 heteroatoms. The molecule has 4 nitrogen and oxygen atoms in total. The Morgan fingerprint density at radius 1 is 1.54 bits per heavy atom. The van der Waals surface area contributed by atoms with Crippen molar-refractivity contribution in [2.24, 2.45) is 0 Å². The van der Waals surface area contributed by atoms with Crippen molar-refractivity contribution in [3.8, 4) is 0 Å². The van der Waals surface area contributed by atoms with Crippen molar-refractivity contribution in [2.75, 3.05) is 5.73 Å². The molecule has 0 aliphatic rings. The van der Waals surface area contributed by atoms with Crippen molar-refractivity contribution in [1.82, 2.24) is 10.9 Å². The summed E-state index contributed by atoms with van der Waals surface area (Å²) in [6, 6.07) is 6.67. The van der Waals surface area contributed by atoms with Crippen LogP contribution in [0.15, 0.2) is 24.3 Å². The molecular formula is C8H9N3OS. The number of nitrogens with one attached hydrogen (secondary N) is 2. The molecule has 0 bridgehead atoms. The zero-order valence-electron chi connectivity index (χ0n) is 6.78. The maximum absolute atomic E-state index is 11.3. The average Bonchev–Trinajstić information content (AvgIpc) is 2.14.